The van der Waals surface area contributed by atoms with Crippen LogP contribution in [0.4, 0.5) is 4.79 Å². The van der Waals surface area contributed by atoms with Gasteiger partial charge in [0.15, 0.2) is 0 Å². The van der Waals surface area contributed by atoms with Crippen molar-refractivity contribution in [3.63, 3.8) is 0 Å². The van der Waals surface area contributed by atoms with Gasteiger partial charge in [-0.05, 0) is 45.2 Å². The number of nitrogens with one attached hydrogen (secondary N) is 2. The number of ether oxygens (including phenoxy) is 1. The number of rotatable bonds is 6. The molecule has 2 heterocycles. The van der Waals surface area contributed by atoms with E-state index in [1.165, 1.54) is 9.75 Å². The van der Waals surface area contributed by atoms with E-state index in [2.05, 4.69) is 29.7 Å². The standard InChI is InChI=1S/C15H24N2O2S/c1-11(10-14-6-5-12(2)20-14)17-15(18)16-8-7-13-4-3-9-19-13/h5-6,11,13H,3-4,7-10H2,1-2H3,(H2,16,17,18)/t11-,13-/m1/s1. The van der Waals surface area contributed by atoms with Gasteiger partial charge in [0.2, 0.25) is 0 Å². The summed E-state index contributed by atoms with van der Waals surface area (Å²) in [6.45, 7) is 5.69. The fourth-order valence-corrected chi connectivity index (χ4v) is 3.46. The summed E-state index contributed by atoms with van der Waals surface area (Å²) in [5.74, 6) is 0. The van der Waals surface area contributed by atoms with Gasteiger partial charge in [0, 0.05) is 35.4 Å². The third kappa shape index (κ3) is 5.13. The molecule has 0 saturated carbocycles. The van der Waals surface area contributed by atoms with E-state index in [9.17, 15) is 4.79 Å². The third-order valence-corrected chi connectivity index (χ3v) is 4.48. The smallest absolute Gasteiger partial charge is 0.315 e. The van der Waals surface area contributed by atoms with E-state index in [1.54, 1.807) is 11.3 Å². The van der Waals surface area contributed by atoms with Crippen LogP contribution in [-0.4, -0.2) is 31.3 Å². The van der Waals surface area contributed by atoms with Crippen LogP contribution in [-0.2, 0) is 11.2 Å². The lowest BCUT2D eigenvalue weighted by Crippen LogP contribution is -2.42. The summed E-state index contributed by atoms with van der Waals surface area (Å²) >= 11 is 1.79. The Balaban J connectivity index is 1.60. The first-order valence-corrected chi connectivity index (χ1v) is 8.16. The minimum absolute atomic E-state index is 0.0798. The Hall–Kier alpha value is -1.07. The van der Waals surface area contributed by atoms with Crippen LogP contribution in [0.25, 0.3) is 0 Å². The zero-order chi connectivity index (χ0) is 14.4. The normalized spacial score (nSPS) is 19.8. The Morgan fingerprint density at radius 1 is 1.55 bits per heavy atom. The molecule has 112 valence electrons. The lowest BCUT2D eigenvalue weighted by molar-refractivity contribution is 0.104. The second kappa shape index (κ2) is 7.64. The predicted octanol–water partition coefficient (Wildman–Crippen LogP) is 2.86. The fraction of sp³-hybridized carbons (Fsp3) is 0.667. The van der Waals surface area contributed by atoms with Crippen LogP contribution in [0.1, 0.15) is 35.9 Å². The molecule has 1 aromatic heterocycles. The average Bonchev–Trinajstić information content (AvgIpc) is 3.01. The molecule has 4 nitrogen and oxygen atoms in total. The summed E-state index contributed by atoms with van der Waals surface area (Å²) in [5.41, 5.74) is 0. The average molecular weight is 296 g/mol. The molecule has 2 amide bonds. The Morgan fingerprint density at radius 2 is 2.40 bits per heavy atom. The number of carbonyl (C=O) groups is 1. The second-order valence-electron chi connectivity index (χ2n) is 5.44. The molecule has 0 bridgehead atoms. The summed E-state index contributed by atoms with van der Waals surface area (Å²) < 4.78 is 5.53. The van der Waals surface area contributed by atoms with Gasteiger partial charge in [-0.2, -0.15) is 0 Å². The van der Waals surface area contributed by atoms with Gasteiger partial charge < -0.3 is 15.4 Å². The van der Waals surface area contributed by atoms with E-state index >= 15 is 0 Å². The molecule has 5 heteroatoms. The molecule has 0 radical (unpaired) electrons. The monoisotopic (exact) mass is 296 g/mol. The molecule has 0 aromatic carbocycles. The highest BCUT2D eigenvalue weighted by Gasteiger charge is 2.15. The topological polar surface area (TPSA) is 50.4 Å². The van der Waals surface area contributed by atoms with E-state index in [-0.39, 0.29) is 12.1 Å². The number of hydrogen-bond donors (Lipinski definition) is 2. The van der Waals surface area contributed by atoms with Gasteiger partial charge >= 0.3 is 6.03 Å². The number of amides is 2. The van der Waals surface area contributed by atoms with Crippen LogP contribution in [0.3, 0.4) is 0 Å². The Labute approximate surface area is 124 Å². The Morgan fingerprint density at radius 3 is 3.05 bits per heavy atom. The molecule has 1 saturated heterocycles. The van der Waals surface area contributed by atoms with Crippen molar-refractivity contribution in [2.45, 2.75) is 51.7 Å². The van der Waals surface area contributed by atoms with Gasteiger partial charge in [-0.3, -0.25) is 0 Å². The van der Waals surface area contributed by atoms with Crippen molar-refractivity contribution >= 4 is 17.4 Å². The zero-order valence-corrected chi connectivity index (χ0v) is 13.1. The number of hydrogen-bond acceptors (Lipinski definition) is 3. The van der Waals surface area contributed by atoms with Crippen molar-refractivity contribution in [3.05, 3.63) is 21.9 Å². The molecule has 0 unspecified atom stereocenters. The molecule has 1 aliphatic rings. The van der Waals surface area contributed by atoms with Crippen molar-refractivity contribution in [3.8, 4) is 0 Å². The first-order valence-electron chi connectivity index (χ1n) is 7.35. The summed E-state index contributed by atoms with van der Waals surface area (Å²) in [6.07, 6.45) is 4.40. The zero-order valence-electron chi connectivity index (χ0n) is 12.3. The molecule has 2 N–H and O–H groups in total. The third-order valence-electron chi connectivity index (χ3n) is 3.46. The molecule has 1 aliphatic heterocycles. The number of urea groups is 1. The highest BCUT2D eigenvalue weighted by Crippen LogP contribution is 2.16. The van der Waals surface area contributed by atoms with Crippen molar-refractivity contribution < 1.29 is 9.53 Å². The highest BCUT2D eigenvalue weighted by atomic mass is 32.1. The highest BCUT2D eigenvalue weighted by molar-refractivity contribution is 7.11. The van der Waals surface area contributed by atoms with E-state index in [1.807, 2.05) is 6.92 Å². The minimum atomic E-state index is -0.0798. The van der Waals surface area contributed by atoms with Gasteiger partial charge in [0.05, 0.1) is 6.10 Å². The maximum atomic E-state index is 11.8. The van der Waals surface area contributed by atoms with Crippen LogP contribution < -0.4 is 10.6 Å². The quantitative estimate of drug-likeness (QED) is 0.848. The summed E-state index contributed by atoms with van der Waals surface area (Å²) in [4.78, 5) is 14.4. The van der Waals surface area contributed by atoms with Crippen molar-refractivity contribution in [1.29, 1.82) is 0 Å². The van der Waals surface area contributed by atoms with Crippen molar-refractivity contribution in [1.82, 2.24) is 10.6 Å². The maximum Gasteiger partial charge on any atom is 0.315 e. The number of aryl methyl sites for hydroxylation is 1. The number of thiophene rings is 1. The molecular weight excluding hydrogens is 272 g/mol. The van der Waals surface area contributed by atoms with E-state index in [0.29, 0.717) is 12.6 Å². The van der Waals surface area contributed by atoms with Gasteiger partial charge in [0.1, 0.15) is 0 Å². The lowest BCUT2D eigenvalue weighted by Gasteiger charge is -2.15. The van der Waals surface area contributed by atoms with Crippen LogP contribution in [0.15, 0.2) is 12.1 Å². The van der Waals surface area contributed by atoms with Gasteiger partial charge in [-0.15, -0.1) is 11.3 Å². The van der Waals surface area contributed by atoms with Gasteiger partial charge in [-0.25, -0.2) is 4.79 Å². The Kier molecular flexibility index (Phi) is 5.86. The lowest BCUT2D eigenvalue weighted by atomic mass is 10.2. The predicted molar refractivity (Wildman–Crippen MR) is 82.3 cm³/mol. The van der Waals surface area contributed by atoms with Crippen LogP contribution in [0.5, 0.6) is 0 Å². The summed E-state index contributed by atoms with van der Waals surface area (Å²) in [5, 5.41) is 5.88. The van der Waals surface area contributed by atoms with Gasteiger partial charge in [-0.1, -0.05) is 0 Å². The van der Waals surface area contributed by atoms with Crippen LogP contribution in [0.2, 0.25) is 0 Å². The van der Waals surface area contributed by atoms with Crippen molar-refractivity contribution in [2.75, 3.05) is 13.2 Å². The molecule has 1 aromatic rings. The minimum Gasteiger partial charge on any atom is -0.378 e. The molecule has 0 spiro atoms. The Bertz CT molecular complexity index is 427. The summed E-state index contributed by atoms with van der Waals surface area (Å²) in [7, 11) is 0. The molecular formula is C15H24N2O2S. The molecule has 1 fully saturated rings. The molecule has 2 rings (SSSR count). The van der Waals surface area contributed by atoms with Gasteiger partial charge in [0.25, 0.3) is 0 Å². The van der Waals surface area contributed by atoms with Crippen LogP contribution in [0, 0.1) is 6.92 Å². The van der Waals surface area contributed by atoms with E-state index < -0.39 is 0 Å². The fourth-order valence-electron chi connectivity index (χ4n) is 2.44. The van der Waals surface area contributed by atoms with E-state index in [4.69, 9.17) is 4.74 Å². The maximum absolute atomic E-state index is 11.8. The second-order valence-corrected chi connectivity index (χ2v) is 6.81. The van der Waals surface area contributed by atoms with Crippen molar-refractivity contribution in [2.24, 2.45) is 0 Å². The van der Waals surface area contributed by atoms with E-state index in [0.717, 1.165) is 32.3 Å². The largest absolute Gasteiger partial charge is 0.378 e. The molecule has 0 aliphatic carbocycles. The first kappa shape index (κ1) is 15.3. The molecule has 2 atom stereocenters. The first-order chi connectivity index (χ1) is 9.63. The summed E-state index contributed by atoms with van der Waals surface area (Å²) in [6, 6.07) is 4.32. The SMILES string of the molecule is Cc1ccc(C[C@@H](C)NC(=O)NCC[C@H]2CCCO2)s1. The number of carbonyl (C=O) groups excluding carboxylic acids is 1. The molecule has 20 heavy (non-hydrogen) atoms. The van der Waals surface area contributed by atoms with Crippen LogP contribution >= 0.6 is 11.3 Å².